The zero-order valence-corrected chi connectivity index (χ0v) is 42.0. The highest BCUT2D eigenvalue weighted by atomic mass is 16.6. The van der Waals surface area contributed by atoms with E-state index in [1.54, 1.807) is 28.1 Å². The zero-order valence-electron chi connectivity index (χ0n) is 42.0. The lowest BCUT2D eigenvalue weighted by molar-refractivity contribution is -0.125. The molecule has 0 aliphatic carbocycles. The van der Waals surface area contributed by atoms with Crippen LogP contribution in [0.3, 0.4) is 0 Å². The number of aliphatic hydroxyl groups is 1. The molecule has 0 bridgehead atoms. The number of amides is 3. The fourth-order valence-electron chi connectivity index (χ4n) is 7.50. The molecule has 0 fully saturated rings. The first-order valence-corrected chi connectivity index (χ1v) is 24.9. The average Bonchev–Trinajstić information content (AvgIpc) is 3.39. The van der Waals surface area contributed by atoms with Crippen molar-refractivity contribution in [1.29, 1.82) is 0 Å². The van der Waals surface area contributed by atoms with E-state index in [1.165, 1.54) is 0 Å². The Morgan fingerprint density at radius 2 is 1.13 bits per heavy atom. The Balaban J connectivity index is 1.21. The van der Waals surface area contributed by atoms with Crippen LogP contribution in [0.25, 0.3) is 0 Å². The summed E-state index contributed by atoms with van der Waals surface area (Å²) in [5.41, 5.74) is 1.83. The SMILES string of the molecule is CCC(=O)CCC(CNC(=O)CC)OC(=O)NCCCOCCOCCOCCCNC(=O)CCC(=O)CCCCCC(CO)COC(c1ccccc1)(c1ccc(OC)cc1)c1ccc(OC)cc1. The van der Waals surface area contributed by atoms with Crippen molar-refractivity contribution in [1.82, 2.24) is 16.0 Å². The van der Waals surface area contributed by atoms with Gasteiger partial charge < -0.3 is 54.2 Å². The molecule has 70 heavy (non-hydrogen) atoms. The number of carbonyl (C=O) groups is 5. The summed E-state index contributed by atoms with van der Waals surface area (Å²) in [4.78, 5) is 60.5. The second-order valence-electron chi connectivity index (χ2n) is 16.9. The van der Waals surface area contributed by atoms with Crippen molar-refractivity contribution < 1.29 is 62.2 Å². The zero-order chi connectivity index (χ0) is 50.7. The Bertz CT molecular complexity index is 1850. The smallest absolute Gasteiger partial charge is 0.407 e. The van der Waals surface area contributed by atoms with Crippen molar-refractivity contribution in [2.45, 2.75) is 109 Å². The van der Waals surface area contributed by atoms with Crippen LogP contribution in [0.15, 0.2) is 78.9 Å². The van der Waals surface area contributed by atoms with Crippen molar-refractivity contribution in [3.8, 4) is 11.5 Å². The van der Waals surface area contributed by atoms with Gasteiger partial charge in [-0.1, -0.05) is 81.3 Å². The van der Waals surface area contributed by atoms with E-state index in [9.17, 15) is 29.1 Å². The maximum absolute atomic E-state index is 12.6. The van der Waals surface area contributed by atoms with Gasteiger partial charge in [0.25, 0.3) is 0 Å². The average molecular weight is 978 g/mol. The summed E-state index contributed by atoms with van der Waals surface area (Å²) in [6.45, 7) is 7.21. The van der Waals surface area contributed by atoms with E-state index < -0.39 is 17.8 Å². The molecule has 388 valence electrons. The Kier molecular flexibility index (Phi) is 30.0. The summed E-state index contributed by atoms with van der Waals surface area (Å²) in [5, 5.41) is 18.7. The third-order valence-electron chi connectivity index (χ3n) is 11.7. The van der Waals surface area contributed by atoms with Crippen LogP contribution in [-0.2, 0) is 48.5 Å². The van der Waals surface area contributed by atoms with Crippen molar-refractivity contribution in [3.05, 3.63) is 95.6 Å². The Morgan fingerprint density at radius 1 is 0.557 bits per heavy atom. The van der Waals surface area contributed by atoms with Gasteiger partial charge in [0.05, 0.1) is 53.8 Å². The third-order valence-corrected chi connectivity index (χ3v) is 11.7. The molecule has 3 aromatic carbocycles. The van der Waals surface area contributed by atoms with Gasteiger partial charge in [0, 0.05) is 77.4 Å². The number of hydrogen-bond acceptors (Lipinski definition) is 13. The second-order valence-corrected chi connectivity index (χ2v) is 16.9. The lowest BCUT2D eigenvalue weighted by Gasteiger charge is -2.37. The number of ketones is 2. The highest BCUT2D eigenvalue weighted by Crippen LogP contribution is 2.42. The fraction of sp³-hybridized carbons (Fsp3) is 0.574. The van der Waals surface area contributed by atoms with Crippen molar-refractivity contribution >= 4 is 29.5 Å². The minimum Gasteiger partial charge on any atom is -0.497 e. The first-order chi connectivity index (χ1) is 34.1. The minimum absolute atomic E-state index is 0.0368. The minimum atomic E-state index is -0.970. The molecule has 0 aliphatic rings. The number of hydrogen-bond donors (Lipinski definition) is 4. The van der Waals surface area contributed by atoms with Gasteiger partial charge in [0.1, 0.15) is 34.8 Å². The van der Waals surface area contributed by atoms with Crippen molar-refractivity contribution in [3.63, 3.8) is 0 Å². The number of nitrogens with one attached hydrogen (secondary N) is 3. The van der Waals surface area contributed by atoms with Gasteiger partial charge in [-0.3, -0.25) is 19.2 Å². The first-order valence-electron chi connectivity index (χ1n) is 24.9. The van der Waals surface area contributed by atoms with Crippen LogP contribution in [0.1, 0.15) is 114 Å². The summed E-state index contributed by atoms with van der Waals surface area (Å²) >= 11 is 0. The topological polar surface area (TPSA) is 206 Å². The number of carbonyl (C=O) groups excluding carboxylic acids is 5. The molecule has 2 atom stereocenters. The normalized spacial score (nSPS) is 12.1. The molecule has 3 aromatic rings. The molecule has 4 N–H and O–H groups in total. The predicted octanol–water partition coefficient (Wildman–Crippen LogP) is 7.25. The van der Waals surface area contributed by atoms with E-state index in [1.807, 2.05) is 78.9 Å². The monoisotopic (exact) mass is 978 g/mol. The summed E-state index contributed by atoms with van der Waals surface area (Å²) < 4.78 is 40.0. The molecule has 0 aliphatic heterocycles. The number of rotatable bonds is 40. The molecule has 0 saturated carbocycles. The number of methoxy groups -OCH3 is 2. The summed E-state index contributed by atoms with van der Waals surface area (Å²) in [6.07, 6.45) is 5.23. The van der Waals surface area contributed by atoms with Crippen LogP contribution in [0.2, 0.25) is 0 Å². The Hall–Kier alpha value is -5.39. The van der Waals surface area contributed by atoms with Crippen LogP contribution in [0.5, 0.6) is 11.5 Å². The molecular formula is C54H79N3O13. The van der Waals surface area contributed by atoms with Gasteiger partial charge in [-0.05, 0) is 73.1 Å². The second kappa shape index (κ2) is 35.7. The highest BCUT2D eigenvalue weighted by molar-refractivity contribution is 5.84. The quantitative estimate of drug-likeness (QED) is 0.0328. The number of ether oxygens (including phenoxy) is 7. The fourth-order valence-corrected chi connectivity index (χ4v) is 7.50. The maximum atomic E-state index is 12.6. The van der Waals surface area contributed by atoms with Gasteiger partial charge in [0.15, 0.2) is 0 Å². The van der Waals surface area contributed by atoms with E-state index in [0.717, 1.165) is 47.5 Å². The molecule has 3 amide bonds. The molecular weight excluding hydrogens is 899 g/mol. The van der Waals surface area contributed by atoms with Crippen LogP contribution in [0.4, 0.5) is 4.79 Å². The number of Topliss-reactive ketones (excluding diaryl/α,β-unsaturated/α-hetero) is 2. The lowest BCUT2D eigenvalue weighted by atomic mass is 9.79. The van der Waals surface area contributed by atoms with Crippen molar-refractivity contribution in [2.24, 2.45) is 5.92 Å². The first kappa shape index (κ1) is 58.9. The van der Waals surface area contributed by atoms with Gasteiger partial charge in [-0.25, -0.2) is 4.79 Å². The van der Waals surface area contributed by atoms with Crippen molar-refractivity contribution in [2.75, 3.05) is 86.7 Å². The predicted molar refractivity (Wildman–Crippen MR) is 267 cm³/mol. The molecule has 0 aromatic heterocycles. The Morgan fingerprint density at radius 3 is 1.69 bits per heavy atom. The Labute approximate surface area is 415 Å². The number of benzene rings is 3. The van der Waals surface area contributed by atoms with E-state index in [4.69, 9.17) is 33.2 Å². The largest absolute Gasteiger partial charge is 0.497 e. The molecule has 0 heterocycles. The van der Waals surface area contributed by atoms with Crippen LogP contribution in [0, 0.1) is 5.92 Å². The standard InChI is InChI=1S/C54H79N3O13/c1-5-46(59)23-29-50(39-57-51(61)6-2)70-53(63)56-32-14-34-67-36-38-68-37-35-66-33-13-31-55-52(62)30-24-47(60)18-12-7-9-15-42(40-58)41-69-54(43-16-10-8-11-17-43,44-19-25-48(64-3)26-20-44)45-21-27-49(65-4)28-22-45/h8,10-11,16-17,19-22,25-28,42,50,58H,5-7,9,12-15,18,23-24,29-41H2,1-4H3,(H,55,62)(H,56,63)(H,57,61). The molecule has 2 unspecified atom stereocenters. The number of aliphatic hydroxyl groups excluding tert-OH is 1. The lowest BCUT2D eigenvalue weighted by Crippen LogP contribution is -2.38. The molecule has 3 rings (SSSR count). The molecule has 16 heteroatoms. The van der Waals surface area contributed by atoms with Crippen LogP contribution in [-0.4, -0.2) is 127 Å². The van der Waals surface area contributed by atoms with E-state index >= 15 is 0 Å². The number of unbranched alkanes of at least 4 members (excludes halogenated alkanes) is 2. The molecule has 0 radical (unpaired) electrons. The van der Waals surface area contributed by atoms with Gasteiger partial charge in [-0.15, -0.1) is 0 Å². The molecule has 16 nitrogen and oxygen atoms in total. The summed E-state index contributed by atoms with van der Waals surface area (Å²) in [5.74, 6) is 1.17. The summed E-state index contributed by atoms with van der Waals surface area (Å²) in [7, 11) is 3.27. The van der Waals surface area contributed by atoms with Crippen LogP contribution >= 0.6 is 0 Å². The van der Waals surface area contributed by atoms with Gasteiger partial charge in [0.2, 0.25) is 11.8 Å². The van der Waals surface area contributed by atoms with E-state index in [0.29, 0.717) is 104 Å². The molecule has 0 spiro atoms. The molecule has 0 saturated heterocycles. The van der Waals surface area contributed by atoms with E-state index in [-0.39, 0.29) is 61.7 Å². The highest BCUT2D eigenvalue weighted by Gasteiger charge is 2.38. The van der Waals surface area contributed by atoms with Gasteiger partial charge >= 0.3 is 6.09 Å². The number of alkyl carbamates (subject to hydrolysis) is 1. The van der Waals surface area contributed by atoms with E-state index in [2.05, 4.69) is 16.0 Å². The van der Waals surface area contributed by atoms with Gasteiger partial charge in [-0.2, -0.15) is 0 Å². The third kappa shape index (κ3) is 23.0. The summed E-state index contributed by atoms with van der Waals surface area (Å²) in [6, 6.07) is 25.8. The van der Waals surface area contributed by atoms with Crippen LogP contribution < -0.4 is 25.4 Å². The maximum Gasteiger partial charge on any atom is 0.407 e.